The molecule has 166 valence electrons. The number of Topliss-reactive ketones (excluding diaryl/α,β-unsaturated/α-hetero) is 1. The molecule has 2 aromatic carbocycles. The summed E-state index contributed by atoms with van der Waals surface area (Å²) in [5.41, 5.74) is 6.73. The number of aliphatic hydroxyl groups is 1. The average molecular weight is 434 g/mol. The number of carbonyl (C=O) groups is 2. The third kappa shape index (κ3) is 2.49. The molecule has 3 atom stereocenters. The van der Waals surface area contributed by atoms with E-state index in [-0.39, 0.29) is 23.7 Å². The summed E-state index contributed by atoms with van der Waals surface area (Å²) in [6, 6.07) is 10.7. The van der Waals surface area contributed by atoms with Crippen molar-refractivity contribution >= 4 is 17.4 Å². The number of ether oxygens (including phenoxy) is 1. The van der Waals surface area contributed by atoms with Crippen LogP contribution in [0.4, 0.5) is 5.69 Å². The van der Waals surface area contributed by atoms with Gasteiger partial charge in [-0.2, -0.15) is 0 Å². The molecule has 2 heterocycles. The maximum Gasteiger partial charge on any atom is 0.271 e. The lowest BCUT2D eigenvalue weighted by atomic mass is 9.81. The van der Waals surface area contributed by atoms with Gasteiger partial charge in [0.15, 0.2) is 0 Å². The number of nitrogens with two attached hydrogens (primary N) is 1. The van der Waals surface area contributed by atoms with Crippen molar-refractivity contribution < 1.29 is 19.4 Å². The van der Waals surface area contributed by atoms with Crippen molar-refractivity contribution in [1.82, 2.24) is 10.2 Å². The number of rotatable bonds is 5. The lowest BCUT2D eigenvalue weighted by molar-refractivity contribution is -0.175. The van der Waals surface area contributed by atoms with Crippen molar-refractivity contribution in [2.75, 3.05) is 25.4 Å². The molecule has 0 bridgehead atoms. The number of hydrogen-bond donors (Lipinski definition) is 3. The summed E-state index contributed by atoms with van der Waals surface area (Å²) < 4.78 is 6.16. The number of benzene rings is 2. The van der Waals surface area contributed by atoms with Gasteiger partial charge in [0.2, 0.25) is 17.2 Å². The summed E-state index contributed by atoms with van der Waals surface area (Å²) in [7, 11) is 0. The lowest BCUT2D eigenvalue weighted by Gasteiger charge is -2.36. The molecule has 1 amide bonds. The number of ketones is 1. The third-order valence-corrected chi connectivity index (χ3v) is 7.70. The summed E-state index contributed by atoms with van der Waals surface area (Å²) in [6.45, 7) is 4.06. The Morgan fingerprint density at radius 2 is 2.06 bits per heavy atom. The molecular weight excluding hydrogens is 406 g/mol. The van der Waals surface area contributed by atoms with Crippen LogP contribution in [-0.4, -0.2) is 41.3 Å². The van der Waals surface area contributed by atoms with Crippen molar-refractivity contribution in [3.8, 4) is 5.75 Å². The van der Waals surface area contributed by atoms with E-state index in [0.717, 1.165) is 25.1 Å². The Balaban J connectivity index is 1.48. The topological polar surface area (TPSA) is 105 Å². The van der Waals surface area contributed by atoms with Crippen LogP contribution >= 0.6 is 0 Å². The SMILES string of the molecule is C[C@@H](c1ccc2c(c1)O[C@]1(O)c3cccc(N)c3C(=O)C21NC(=O)CN1CCC1)C1CC1. The highest BCUT2D eigenvalue weighted by Crippen LogP contribution is 2.59. The zero-order valence-electron chi connectivity index (χ0n) is 18.1. The number of carbonyl (C=O) groups excluding carboxylic acids is 2. The summed E-state index contributed by atoms with van der Waals surface area (Å²) in [6.07, 6.45) is 3.48. The van der Waals surface area contributed by atoms with E-state index in [9.17, 15) is 14.7 Å². The van der Waals surface area contributed by atoms with Gasteiger partial charge < -0.3 is 20.9 Å². The first-order valence-corrected chi connectivity index (χ1v) is 11.4. The third-order valence-electron chi connectivity index (χ3n) is 7.70. The Bertz CT molecular complexity index is 1160. The van der Waals surface area contributed by atoms with Crippen LogP contribution in [0.25, 0.3) is 0 Å². The predicted octanol–water partition coefficient (Wildman–Crippen LogP) is 2.23. The van der Waals surface area contributed by atoms with Crippen LogP contribution in [0.2, 0.25) is 0 Å². The monoisotopic (exact) mass is 433 g/mol. The van der Waals surface area contributed by atoms with E-state index >= 15 is 0 Å². The molecule has 2 fully saturated rings. The van der Waals surface area contributed by atoms with Gasteiger partial charge >= 0.3 is 0 Å². The first kappa shape index (κ1) is 19.8. The van der Waals surface area contributed by atoms with Crippen LogP contribution in [0, 0.1) is 5.92 Å². The maximum absolute atomic E-state index is 13.9. The van der Waals surface area contributed by atoms with E-state index in [2.05, 4.69) is 12.2 Å². The standard InChI is InChI=1S/C25H27N3O4/c1-14(15-6-7-15)16-8-9-17-20(12-16)32-25(31)18-4-2-5-19(26)22(18)23(30)24(17,25)27-21(29)13-28-10-3-11-28/h2,4-5,8-9,12,14-15,31H,3,6-7,10-11,13,26H2,1H3,(H,27,29)/t14-,24?,25-/m1/s1. The van der Waals surface area contributed by atoms with Gasteiger partial charge in [0.25, 0.3) is 5.79 Å². The minimum absolute atomic E-state index is 0.170. The van der Waals surface area contributed by atoms with Crippen molar-refractivity contribution in [2.24, 2.45) is 5.92 Å². The molecule has 7 nitrogen and oxygen atoms in total. The fourth-order valence-electron chi connectivity index (χ4n) is 5.53. The molecular formula is C25H27N3O4. The number of likely N-dealkylation sites (tertiary alicyclic amines) is 1. The number of nitrogens with zero attached hydrogens (tertiary/aromatic N) is 1. The van der Waals surface area contributed by atoms with E-state index in [0.29, 0.717) is 28.7 Å². The minimum atomic E-state index is -2.05. The van der Waals surface area contributed by atoms with Crippen LogP contribution in [-0.2, 0) is 16.1 Å². The molecule has 2 aliphatic carbocycles. The van der Waals surface area contributed by atoms with Gasteiger partial charge in [-0.3, -0.25) is 14.5 Å². The van der Waals surface area contributed by atoms with Gasteiger partial charge in [-0.25, -0.2) is 0 Å². The molecule has 2 aliphatic heterocycles. The predicted molar refractivity (Wildman–Crippen MR) is 118 cm³/mol. The number of amides is 1. The summed E-state index contributed by atoms with van der Waals surface area (Å²) >= 11 is 0. The molecule has 0 spiro atoms. The summed E-state index contributed by atoms with van der Waals surface area (Å²) in [4.78, 5) is 28.9. The maximum atomic E-state index is 13.9. The zero-order chi connectivity index (χ0) is 22.3. The first-order valence-electron chi connectivity index (χ1n) is 11.4. The number of nitrogen functional groups attached to an aromatic ring is 1. The van der Waals surface area contributed by atoms with Crippen LogP contribution in [0.1, 0.15) is 59.2 Å². The first-order chi connectivity index (χ1) is 15.3. The molecule has 0 aromatic heterocycles. The van der Waals surface area contributed by atoms with E-state index in [1.54, 1.807) is 18.2 Å². The zero-order valence-corrected chi connectivity index (χ0v) is 18.1. The van der Waals surface area contributed by atoms with Crippen molar-refractivity contribution in [3.63, 3.8) is 0 Å². The Labute approximate surface area is 186 Å². The second-order valence-electron chi connectivity index (χ2n) is 9.65. The molecule has 1 unspecified atom stereocenters. The van der Waals surface area contributed by atoms with Gasteiger partial charge in [0.1, 0.15) is 5.75 Å². The van der Waals surface area contributed by atoms with Gasteiger partial charge in [-0.05, 0) is 61.9 Å². The fraction of sp³-hybridized carbons (Fsp3) is 0.440. The Hall–Kier alpha value is -2.90. The second-order valence-corrected chi connectivity index (χ2v) is 9.65. The number of hydrogen-bond acceptors (Lipinski definition) is 6. The van der Waals surface area contributed by atoms with Crippen LogP contribution < -0.4 is 15.8 Å². The highest BCUT2D eigenvalue weighted by atomic mass is 16.6. The molecule has 2 aromatic rings. The quantitative estimate of drug-likeness (QED) is 0.625. The number of nitrogens with one attached hydrogen (secondary N) is 1. The summed E-state index contributed by atoms with van der Waals surface area (Å²) in [5.74, 6) is -1.35. The normalized spacial score (nSPS) is 28.9. The highest BCUT2D eigenvalue weighted by molar-refractivity contribution is 6.15. The molecule has 1 saturated heterocycles. The Morgan fingerprint density at radius 3 is 2.75 bits per heavy atom. The second kappa shape index (κ2) is 6.56. The highest BCUT2D eigenvalue weighted by Gasteiger charge is 2.72. The van der Waals surface area contributed by atoms with Crippen molar-refractivity contribution in [2.45, 2.75) is 43.4 Å². The van der Waals surface area contributed by atoms with E-state index in [1.807, 2.05) is 23.1 Å². The molecule has 32 heavy (non-hydrogen) atoms. The molecule has 4 aliphatic rings. The molecule has 7 heteroatoms. The van der Waals surface area contributed by atoms with E-state index < -0.39 is 17.1 Å². The molecule has 6 rings (SSSR count). The van der Waals surface area contributed by atoms with Crippen LogP contribution in [0.3, 0.4) is 0 Å². The van der Waals surface area contributed by atoms with Crippen molar-refractivity contribution in [3.05, 3.63) is 58.7 Å². The Kier molecular flexibility index (Phi) is 4.05. The van der Waals surface area contributed by atoms with Crippen LogP contribution in [0.15, 0.2) is 36.4 Å². The fourth-order valence-corrected chi connectivity index (χ4v) is 5.53. The van der Waals surface area contributed by atoms with Gasteiger partial charge in [0, 0.05) is 16.8 Å². The molecule has 1 saturated carbocycles. The number of anilines is 1. The Morgan fingerprint density at radius 1 is 1.28 bits per heavy atom. The van der Waals surface area contributed by atoms with Gasteiger partial charge in [-0.15, -0.1) is 0 Å². The number of fused-ring (bicyclic) bond motifs is 5. The van der Waals surface area contributed by atoms with E-state index in [1.165, 1.54) is 12.8 Å². The molecule has 0 radical (unpaired) electrons. The average Bonchev–Trinajstić information content (AvgIpc) is 3.52. The van der Waals surface area contributed by atoms with Crippen molar-refractivity contribution in [1.29, 1.82) is 0 Å². The van der Waals surface area contributed by atoms with Gasteiger partial charge in [-0.1, -0.05) is 31.2 Å². The summed E-state index contributed by atoms with van der Waals surface area (Å²) in [5, 5.41) is 14.8. The molecule has 4 N–H and O–H groups in total. The minimum Gasteiger partial charge on any atom is -0.454 e. The van der Waals surface area contributed by atoms with Gasteiger partial charge in [0.05, 0.1) is 12.1 Å². The largest absolute Gasteiger partial charge is 0.454 e. The smallest absolute Gasteiger partial charge is 0.271 e. The lowest BCUT2D eigenvalue weighted by Crippen LogP contribution is -2.61. The van der Waals surface area contributed by atoms with Crippen LogP contribution in [0.5, 0.6) is 5.75 Å². The van der Waals surface area contributed by atoms with E-state index in [4.69, 9.17) is 10.5 Å².